The summed E-state index contributed by atoms with van der Waals surface area (Å²) in [6, 6.07) is 9.77. The predicted octanol–water partition coefficient (Wildman–Crippen LogP) is 5.61. The average Bonchev–Trinajstić information content (AvgIpc) is 3.13. The Bertz CT molecular complexity index is 1270. The molecule has 0 fully saturated rings. The minimum absolute atomic E-state index is 0.0634. The normalized spacial score (nSPS) is 15.0. The van der Waals surface area contributed by atoms with Crippen LogP contribution in [0.1, 0.15) is 60.8 Å². The van der Waals surface area contributed by atoms with Crippen molar-refractivity contribution in [3.63, 3.8) is 0 Å². The second-order valence-corrected chi connectivity index (χ2v) is 8.84. The Labute approximate surface area is 209 Å². The summed E-state index contributed by atoms with van der Waals surface area (Å²) in [6.07, 6.45) is 2.57. The van der Waals surface area contributed by atoms with E-state index in [-0.39, 0.29) is 17.1 Å². The van der Waals surface area contributed by atoms with Crippen LogP contribution in [0.4, 0.5) is 0 Å². The lowest BCUT2D eigenvalue weighted by molar-refractivity contribution is 0.0707. The van der Waals surface area contributed by atoms with Crippen molar-refractivity contribution < 1.29 is 23.4 Å². The Hall–Kier alpha value is -3.03. The van der Waals surface area contributed by atoms with Gasteiger partial charge in [0.25, 0.3) is 5.91 Å². The molecule has 1 aliphatic heterocycles. The lowest BCUT2D eigenvalue weighted by Crippen LogP contribution is -2.31. The van der Waals surface area contributed by atoms with Gasteiger partial charge >= 0.3 is 0 Å². The highest BCUT2D eigenvalue weighted by molar-refractivity contribution is 6.31. The average molecular weight is 500 g/mol. The maximum Gasteiger partial charge on any atom is 0.290 e. The molecule has 0 radical (unpaired) electrons. The number of hydrogen-bond acceptors (Lipinski definition) is 6. The van der Waals surface area contributed by atoms with Crippen LogP contribution in [0.3, 0.4) is 0 Å². The van der Waals surface area contributed by atoms with E-state index in [2.05, 4.69) is 6.92 Å². The third-order valence-corrected chi connectivity index (χ3v) is 6.25. The van der Waals surface area contributed by atoms with Crippen LogP contribution in [0.2, 0.25) is 5.02 Å². The number of halogens is 1. The van der Waals surface area contributed by atoms with Gasteiger partial charge in [0.2, 0.25) is 5.76 Å². The number of hydrogen-bond donors (Lipinski definition) is 0. The molecule has 0 saturated heterocycles. The smallest absolute Gasteiger partial charge is 0.290 e. The Morgan fingerprint density at radius 2 is 1.83 bits per heavy atom. The molecule has 35 heavy (non-hydrogen) atoms. The molecular weight excluding hydrogens is 470 g/mol. The molecular formula is C27H30ClNO6. The number of ether oxygens (including phenoxy) is 3. The van der Waals surface area contributed by atoms with Crippen LogP contribution in [0.15, 0.2) is 45.6 Å². The minimum Gasteiger partial charge on any atom is -0.490 e. The van der Waals surface area contributed by atoms with E-state index in [4.69, 9.17) is 30.2 Å². The van der Waals surface area contributed by atoms with Crippen molar-refractivity contribution in [2.45, 2.75) is 39.2 Å². The number of fused-ring (bicyclic) bond motifs is 2. The number of methoxy groups -OCH3 is 1. The summed E-state index contributed by atoms with van der Waals surface area (Å²) >= 11 is 6.16. The molecule has 1 amide bonds. The number of nitrogens with zero attached hydrogens (tertiary/aromatic N) is 1. The van der Waals surface area contributed by atoms with Gasteiger partial charge in [0.15, 0.2) is 16.9 Å². The van der Waals surface area contributed by atoms with Crippen LogP contribution in [0, 0.1) is 0 Å². The van der Waals surface area contributed by atoms with Crippen LogP contribution in [-0.2, 0) is 4.74 Å². The zero-order valence-corrected chi connectivity index (χ0v) is 21.0. The first-order valence-corrected chi connectivity index (χ1v) is 12.3. The van der Waals surface area contributed by atoms with Gasteiger partial charge in [-0.25, -0.2) is 0 Å². The molecule has 0 aliphatic carbocycles. The van der Waals surface area contributed by atoms with Crippen molar-refractivity contribution in [1.29, 1.82) is 0 Å². The molecule has 4 rings (SSSR count). The van der Waals surface area contributed by atoms with Crippen molar-refractivity contribution >= 4 is 28.5 Å². The number of unbranched alkanes of at least 4 members (excludes halogenated alkanes) is 1. The maximum absolute atomic E-state index is 13.7. The third-order valence-electron chi connectivity index (χ3n) is 6.01. The number of carbonyl (C=O) groups excluding carboxylic acids is 1. The highest BCUT2D eigenvalue weighted by Gasteiger charge is 2.42. The Morgan fingerprint density at radius 3 is 2.57 bits per heavy atom. The van der Waals surface area contributed by atoms with Crippen LogP contribution in [-0.4, -0.2) is 44.3 Å². The van der Waals surface area contributed by atoms with Crippen LogP contribution < -0.4 is 14.9 Å². The number of carbonyl (C=O) groups is 1. The van der Waals surface area contributed by atoms with Gasteiger partial charge in [-0.15, -0.1) is 0 Å². The molecule has 0 bridgehead atoms. The van der Waals surface area contributed by atoms with Gasteiger partial charge < -0.3 is 23.5 Å². The second kappa shape index (κ2) is 11.1. The van der Waals surface area contributed by atoms with E-state index in [1.54, 1.807) is 30.2 Å². The van der Waals surface area contributed by atoms with Crippen LogP contribution in [0.25, 0.3) is 11.0 Å². The van der Waals surface area contributed by atoms with E-state index >= 15 is 0 Å². The second-order valence-electron chi connectivity index (χ2n) is 8.40. The van der Waals surface area contributed by atoms with E-state index in [1.165, 1.54) is 0 Å². The number of rotatable bonds is 11. The maximum atomic E-state index is 13.7. The highest BCUT2D eigenvalue weighted by atomic mass is 35.5. The monoisotopic (exact) mass is 499 g/mol. The Kier molecular flexibility index (Phi) is 7.98. The predicted molar refractivity (Wildman–Crippen MR) is 135 cm³/mol. The first-order valence-electron chi connectivity index (χ1n) is 12.0. The lowest BCUT2D eigenvalue weighted by Gasteiger charge is -2.26. The molecule has 7 nitrogen and oxygen atoms in total. The fraction of sp³-hybridized carbons (Fsp3) is 0.407. The van der Waals surface area contributed by atoms with Crippen molar-refractivity contribution in [2.24, 2.45) is 0 Å². The standard InChI is InChI=1S/C27H30ClNO6/c1-4-6-14-34-21-10-8-17(15-22(21)33-5-2)24-23-25(30)19-16-18(28)9-11-20(19)35-26(23)27(31)29(24)12-7-13-32-3/h8-11,15-16,24H,4-7,12-14H2,1-3H3. The third kappa shape index (κ3) is 5.02. The van der Waals surface area contributed by atoms with Gasteiger partial charge in [-0.05, 0) is 55.7 Å². The molecule has 1 aromatic heterocycles. The van der Waals surface area contributed by atoms with Crippen molar-refractivity contribution in [2.75, 3.05) is 33.5 Å². The molecule has 8 heteroatoms. The van der Waals surface area contributed by atoms with Gasteiger partial charge in [0.1, 0.15) is 5.58 Å². The van der Waals surface area contributed by atoms with Gasteiger partial charge in [0.05, 0.1) is 30.2 Å². The summed E-state index contributed by atoms with van der Waals surface area (Å²) in [6.45, 7) is 5.93. The molecule has 0 N–H and O–H groups in total. The van der Waals surface area contributed by atoms with Crippen LogP contribution in [0.5, 0.6) is 11.5 Å². The van der Waals surface area contributed by atoms with E-state index in [9.17, 15) is 9.59 Å². The molecule has 2 heterocycles. The summed E-state index contributed by atoms with van der Waals surface area (Å²) in [5, 5.41) is 0.770. The minimum atomic E-state index is -0.627. The van der Waals surface area contributed by atoms with Gasteiger partial charge in [-0.3, -0.25) is 9.59 Å². The molecule has 0 spiro atoms. The molecule has 2 aromatic carbocycles. The van der Waals surface area contributed by atoms with Crippen LogP contribution >= 0.6 is 11.6 Å². The van der Waals surface area contributed by atoms with Crippen molar-refractivity contribution in [3.8, 4) is 11.5 Å². The van der Waals surface area contributed by atoms with Crippen molar-refractivity contribution in [1.82, 2.24) is 4.90 Å². The Morgan fingerprint density at radius 1 is 1.00 bits per heavy atom. The first-order chi connectivity index (χ1) is 17.0. The molecule has 1 atom stereocenters. The van der Waals surface area contributed by atoms with E-state index in [0.29, 0.717) is 65.8 Å². The largest absolute Gasteiger partial charge is 0.490 e. The molecule has 186 valence electrons. The molecule has 1 unspecified atom stereocenters. The quantitative estimate of drug-likeness (QED) is 0.319. The van der Waals surface area contributed by atoms with Gasteiger partial charge in [-0.2, -0.15) is 0 Å². The van der Waals surface area contributed by atoms with Gasteiger partial charge in [-0.1, -0.05) is 31.0 Å². The van der Waals surface area contributed by atoms with Gasteiger partial charge in [0, 0.05) is 25.3 Å². The highest BCUT2D eigenvalue weighted by Crippen LogP contribution is 2.41. The zero-order valence-electron chi connectivity index (χ0n) is 20.3. The summed E-state index contributed by atoms with van der Waals surface area (Å²) in [5.41, 5.74) is 1.12. The first kappa shape index (κ1) is 25.1. The number of benzene rings is 2. The lowest BCUT2D eigenvalue weighted by atomic mass is 9.98. The SMILES string of the molecule is CCCCOc1ccc(C2c3c(oc4ccc(Cl)cc4c3=O)C(=O)N2CCCOC)cc1OCC. The number of amides is 1. The van der Waals surface area contributed by atoms with E-state index < -0.39 is 6.04 Å². The summed E-state index contributed by atoms with van der Waals surface area (Å²) < 4.78 is 23.0. The molecule has 1 aliphatic rings. The summed E-state index contributed by atoms with van der Waals surface area (Å²) in [5.74, 6) is 0.952. The van der Waals surface area contributed by atoms with E-state index in [1.807, 2.05) is 25.1 Å². The van der Waals surface area contributed by atoms with Crippen molar-refractivity contribution in [3.05, 3.63) is 68.5 Å². The summed E-state index contributed by atoms with van der Waals surface area (Å²) in [4.78, 5) is 28.8. The molecule has 3 aromatic rings. The summed E-state index contributed by atoms with van der Waals surface area (Å²) in [7, 11) is 1.62. The molecule has 0 saturated carbocycles. The Balaban J connectivity index is 1.84. The fourth-order valence-electron chi connectivity index (χ4n) is 4.36. The topological polar surface area (TPSA) is 78.2 Å². The fourth-order valence-corrected chi connectivity index (χ4v) is 4.53. The van der Waals surface area contributed by atoms with E-state index in [0.717, 1.165) is 18.4 Å². The zero-order chi connectivity index (χ0) is 24.9.